The van der Waals surface area contributed by atoms with Gasteiger partial charge in [-0.1, -0.05) is 24.1 Å². The van der Waals surface area contributed by atoms with Crippen LogP contribution in [0.4, 0.5) is 0 Å². The number of hydrogen-bond acceptors (Lipinski definition) is 3. The van der Waals surface area contributed by atoms with Crippen molar-refractivity contribution in [3.8, 4) is 18.1 Å². The lowest BCUT2D eigenvalue weighted by Crippen LogP contribution is -2.28. The fourth-order valence-electron chi connectivity index (χ4n) is 1.99. The van der Waals surface area contributed by atoms with Crippen LogP contribution >= 0.6 is 11.8 Å². The number of thioether (sulfide) groups is 1. The van der Waals surface area contributed by atoms with Gasteiger partial charge in [-0.3, -0.25) is 0 Å². The highest BCUT2D eigenvalue weighted by Crippen LogP contribution is 2.31. The molecule has 0 spiro atoms. The molecule has 0 bridgehead atoms. The standard InChI is InChI=1S/C14H17NOS/c1-2-10-17-11-8-15-13-7-9-16-14-6-4-3-5-12(13)14/h1,3-6,13,15H,7-11H2. The van der Waals surface area contributed by atoms with Gasteiger partial charge in [0.15, 0.2) is 0 Å². The van der Waals surface area contributed by atoms with E-state index in [1.54, 1.807) is 11.8 Å². The zero-order valence-electron chi connectivity index (χ0n) is 9.82. The van der Waals surface area contributed by atoms with Crippen molar-refractivity contribution >= 4 is 11.8 Å². The van der Waals surface area contributed by atoms with E-state index in [0.717, 1.165) is 36.8 Å². The second-order valence-corrected chi connectivity index (χ2v) is 5.04. The first-order valence-electron chi connectivity index (χ1n) is 5.88. The summed E-state index contributed by atoms with van der Waals surface area (Å²) in [6.07, 6.45) is 6.25. The first kappa shape index (κ1) is 12.3. The summed E-state index contributed by atoms with van der Waals surface area (Å²) in [4.78, 5) is 0. The lowest BCUT2D eigenvalue weighted by atomic mass is 10.0. The number of para-hydroxylation sites is 1. The Kier molecular flexibility index (Phi) is 4.78. The number of rotatable bonds is 5. The Morgan fingerprint density at radius 1 is 1.47 bits per heavy atom. The fourth-order valence-corrected chi connectivity index (χ4v) is 2.51. The van der Waals surface area contributed by atoms with Gasteiger partial charge in [0.05, 0.1) is 12.4 Å². The normalized spacial score (nSPS) is 17.9. The molecular formula is C14H17NOS. The second kappa shape index (κ2) is 6.58. The van der Waals surface area contributed by atoms with Crippen LogP contribution < -0.4 is 10.1 Å². The number of fused-ring (bicyclic) bond motifs is 1. The van der Waals surface area contributed by atoms with E-state index in [2.05, 4.69) is 23.4 Å². The molecule has 1 aromatic rings. The number of benzene rings is 1. The summed E-state index contributed by atoms with van der Waals surface area (Å²) >= 11 is 1.79. The summed E-state index contributed by atoms with van der Waals surface area (Å²) in [6.45, 7) is 1.79. The maximum Gasteiger partial charge on any atom is 0.124 e. The van der Waals surface area contributed by atoms with E-state index in [-0.39, 0.29) is 0 Å². The Balaban J connectivity index is 1.84. The van der Waals surface area contributed by atoms with E-state index < -0.39 is 0 Å². The number of hydrogen-bond donors (Lipinski definition) is 1. The van der Waals surface area contributed by atoms with Gasteiger partial charge in [-0.05, 0) is 6.07 Å². The van der Waals surface area contributed by atoms with Crippen LogP contribution in [-0.2, 0) is 0 Å². The summed E-state index contributed by atoms with van der Waals surface area (Å²) in [6, 6.07) is 8.68. The largest absolute Gasteiger partial charge is 0.493 e. The molecule has 1 aromatic carbocycles. The Morgan fingerprint density at radius 2 is 2.35 bits per heavy atom. The fraction of sp³-hybridized carbons (Fsp3) is 0.429. The van der Waals surface area contributed by atoms with Gasteiger partial charge >= 0.3 is 0 Å². The molecule has 2 nitrogen and oxygen atoms in total. The predicted octanol–water partition coefficient (Wildman–Crippen LogP) is 2.47. The van der Waals surface area contributed by atoms with Crippen molar-refractivity contribution in [1.29, 1.82) is 0 Å². The predicted molar refractivity (Wildman–Crippen MR) is 73.5 cm³/mol. The highest BCUT2D eigenvalue weighted by atomic mass is 32.2. The number of nitrogens with one attached hydrogen (secondary N) is 1. The van der Waals surface area contributed by atoms with Crippen LogP contribution in [0.25, 0.3) is 0 Å². The third-order valence-electron chi connectivity index (χ3n) is 2.78. The zero-order chi connectivity index (χ0) is 11.9. The van der Waals surface area contributed by atoms with E-state index >= 15 is 0 Å². The highest BCUT2D eigenvalue weighted by Gasteiger charge is 2.19. The first-order chi connectivity index (χ1) is 8.42. The van der Waals surface area contributed by atoms with E-state index in [4.69, 9.17) is 11.2 Å². The van der Waals surface area contributed by atoms with Crippen LogP contribution in [0.5, 0.6) is 5.75 Å². The maximum atomic E-state index is 5.63. The Bertz CT molecular complexity index is 399. The maximum absolute atomic E-state index is 5.63. The monoisotopic (exact) mass is 247 g/mol. The van der Waals surface area contributed by atoms with E-state index in [1.807, 2.05) is 12.1 Å². The van der Waals surface area contributed by atoms with Gasteiger partial charge in [-0.2, -0.15) is 0 Å². The van der Waals surface area contributed by atoms with Gasteiger partial charge in [0.1, 0.15) is 5.75 Å². The highest BCUT2D eigenvalue weighted by molar-refractivity contribution is 7.99. The molecule has 0 aliphatic carbocycles. The summed E-state index contributed by atoms with van der Waals surface area (Å²) in [5.41, 5.74) is 1.28. The average Bonchev–Trinajstić information content (AvgIpc) is 2.39. The summed E-state index contributed by atoms with van der Waals surface area (Å²) in [5, 5.41) is 3.57. The molecule has 3 heteroatoms. The first-order valence-corrected chi connectivity index (χ1v) is 7.03. The smallest absolute Gasteiger partial charge is 0.124 e. The minimum absolute atomic E-state index is 0.423. The van der Waals surface area contributed by atoms with Crippen molar-refractivity contribution in [1.82, 2.24) is 5.32 Å². The van der Waals surface area contributed by atoms with Crippen LogP contribution in [0.3, 0.4) is 0 Å². The van der Waals surface area contributed by atoms with Crippen molar-refractivity contribution in [3.63, 3.8) is 0 Å². The van der Waals surface area contributed by atoms with Crippen LogP contribution in [0.15, 0.2) is 24.3 Å². The second-order valence-electron chi connectivity index (χ2n) is 3.94. The van der Waals surface area contributed by atoms with Gasteiger partial charge in [0, 0.05) is 30.3 Å². The van der Waals surface area contributed by atoms with Crippen LogP contribution in [-0.4, -0.2) is 24.7 Å². The molecule has 0 fully saturated rings. The average molecular weight is 247 g/mol. The summed E-state index contributed by atoms with van der Waals surface area (Å²) in [5.74, 6) is 5.51. The molecule has 0 saturated heterocycles. The van der Waals surface area contributed by atoms with Gasteiger partial charge in [-0.25, -0.2) is 0 Å². The van der Waals surface area contributed by atoms with Gasteiger partial charge in [-0.15, -0.1) is 18.2 Å². The molecule has 17 heavy (non-hydrogen) atoms. The van der Waals surface area contributed by atoms with Crippen molar-refractivity contribution in [2.75, 3.05) is 24.7 Å². The van der Waals surface area contributed by atoms with Gasteiger partial charge in [0.2, 0.25) is 0 Å². The molecule has 1 unspecified atom stereocenters. The molecule has 1 aliphatic rings. The minimum atomic E-state index is 0.423. The van der Waals surface area contributed by atoms with Crippen molar-refractivity contribution in [2.24, 2.45) is 0 Å². The number of ether oxygens (including phenoxy) is 1. The van der Waals surface area contributed by atoms with Crippen LogP contribution in [0, 0.1) is 12.3 Å². The Labute approximate surface area is 107 Å². The van der Waals surface area contributed by atoms with E-state index in [9.17, 15) is 0 Å². The summed E-state index contributed by atoms with van der Waals surface area (Å²) in [7, 11) is 0. The lowest BCUT2D eigenvalue weighted by molar-refractivity contribution is 0.254. The van der Waals surface area contributed by atoms with E-state index in [0.29, 0.717) is 6.04 Å². The lowest BCUT2D eigenvalue weighted by Gasteiger charge is -2.26. The number of terminal acetylenes is 1. The zero-order valence-corrected chi connectivity index (χ0v) is 10.6. The molecule has 0 aromatic heterocycles. The van der Waals surface area contributed by atoms with Gasteiger partial charge < -0.3 is 10.1 Å². The molecule has 0 radical (unpaired) electrons. The third kappa shape index (κ3) is 3.42. The van der Waals surface area contributed by atoms with Crippen LogP contribution in [0.1, 0.15) is 18.0 Å². The molecule has 1 N–H and O–H groups in total. The molecule has 1 atom stereocenters. The Morgan fingerprint density at radius 3 is 3.24 bits per heavy atom. The molecule has 0 saturated carbocycles. The molecular weight excluding hydrogens is 230 g/mol. The molecule has 1 heterocycles. The third-order valence-corrected chi connectivity index (χ3v) is 3.64. The van der Waals surface area contributed by atoms with Crippen LogP contribution in [0.2, 0.25) is 0 Å². The molecule has 0 amide bonds. The Hall–Kier alpha value is -1.11. The molecule has 1 aliphatic heterocycles. The van der Waals surface area contributed by atoms with Crippen molar-refractivity contribution in [2.45, 2.75) is 12.5 Å². The van der Waals surface area contributed by atoms with E-state index in [1.165, 1.54) is 5.56 Å². The minimum Gasteiger partial charge on any atom is -0.493 e. The quantitative estimate of drug-likeness (QED) is 0.638. The summed E-state index contributed by atoms with van der Waals surface area (Å²) < 4.78 is 5.63. The molecule has 2 rings (SSSR count). The van der Waals surface area contributed by atoms with Crippen molar-refractivity contribution < 1.29 is 4.74 Å². The SMILES string of the molecule is C#CCSCCNC1CCOc2ccccc21. The topological polar surface area (TPSA) is 21.3 Å². The van der Waals surface area contributed by atoms with Gasteiger partial charge in [0.25, 0.3) is 0 Å². The van der Waals surface area contributed by atoms with Crippen molar-refractivity contribution in [3.05, 3.63) is 29.8 Å². The molecule has 90 valence electrons.